The summed E-state index contributed by atoms with van der Waals surface area (Å²) in [5.41, 5.74) is 5.65. The van der Waals surface area contributed by atoms with Gasteiger partial charge in [-0.05, 0) is 31.1 Å². The zero-order chi connectivity index (χ0) is 13.7. The monoisotopic (exact) mass is 263 g/mol. The summed E-state index contributed by atoms with van der Waals surface area (Å²) in [6.07, 6.45) is 0.513. The Kier molecular flexibility index (Phi) is 4.35. The molecule has 1 aromatic carbocycles. The van der Waals surface area contributed by atoms with E-state index in [4.69, 9.17) is 10.5 Å². The van der Waals surface area contributed by atoms with Crippen LogP contribution in [0.25, 0.3) is 0 Å². The first-order valence-electron chi connectivity index (χ1n) is 6.15. The lowest BCUT2D eigenvalue weighted by Gasteiger charge is -2.26. The number of nitrogens with two attached hydrogens (primary N) is 1. The molecule has 6 heteroatoms. The number of rotatable bonds is 6. The molecule has 1 saturated heterocycles. The van der Waals surface area contributed by atoms with Gasteiger partial charge in [0.1, 0.15) is 5.75 Å². The fraction of sp³-hybridized carbons (Fsp3) is 0.385. The summed E-state index contributed by atoms with van der Waals surface area (Å²) in [7, 11) is 0. The quantitative estimate of drug-likeness (QED) is 0.678. The highest BCUT2D eigenvalue weighted by atomic mass is 16.5. The van der Waals surface area contributed by atoms with Gasteiger partial charge in [0.15, 0.2) is 6.61 Å². The van der Waals surface area contributed by atoms with Crippen LogP contribution in [0.3, 0.4) is 0 Å². The van der Waals surface area contributed by atoms with Crippen LogP contribution < -0.4 is 21.1 Å². The molecule has 0 radical (unpaired) electrons. The van der Waals surface area contributed by atoms with Gasteiger partial charge in [0, 0.05) is 18.2 Å². The van der Waals surface area contributed by atoms with Crippen LogP contribution in [0.1, 0.15) is 6.42 Å². The second-order valence-corrected chi connectivity index (χ2v) is 4.56. The fourth-order valence-electron chi connectivity index (χ4n) is 1.79. The van der Waals surface area contributed by atoms with Gasteiger partial charge in [0.25, 0.3) is 5.91 Å². The van der Waals surface area contributed by atoms with Crippen LogP contribution in [0.2, 0.25) is 0 Å². The number of amides is 2. The molecule has 0 aliphatic carbocycles. The summed E-state index contributed by atoms with van der Waals surface area (Å²) in [5.74, 6) is 0.377. The van der Waals surface area contributed by atoms with Crippen LogP contribution in [0.5, 0.6) is 5.75 Å². The van der Waals surface area contributed by atoms with Crippen LogP contribution >= 0.6 is 0 Å². The number of hydrogen-bond acceptors (Lipinski definition) is 4. The van der Waals surface area contributed by atoms with E-state index in [1.165, 1.54) is 0 Å². The Morgan fingerprint density at radius 1 is 1.42 bits per heavy atom. The zero-order valence-electron chi connectivity index (χ0n) is 10.5. The molecule has 1 aliphatic rings. The van der Waals surface area contributed by atoms with E-state index in [2.05, 4.69) is 10.6 Å². The number of nitrogens with one attached hydrogen (secondary N) is 2. The number of anilines is 1. The second-order valence-electron chi connectivity index (χ2n) is 4.56. The van der Waals surface area contributed by atoms with E-state index < -0.39 is 5.91 Å². The molecule has 1 fully saturated rings. The summed E-state index contributed by atoms with van der Waals surface area (Å²) < 4.78 is 5.17. The molecular formula is C13H17N3O3. The van der Waals surface area contributed by atoms with Crippen molar-refractivity contribution in [2.75, 3.05) is 25.0 Å². The van der Waals surface area contributed by atoms with Crippen LogP contribution in [0.15, 0.2) is 24.3 Å². The van der Waals surface area contributed by atoms with E-state index in [0.29, 0.717) is 23.8 Å². The minimum absolute atomic E-state index is 0.0152. The Hall–Kier alpha value is -2.08. The van der Waals surface area contributed by atoms with E-state index in [1.54, 1.807) is 24.3 Å². The Bertz CT molecular complexity index is 472. The predicted molar refractivity (Wildman–Crippen MR) is 70.7 cm³/mol. The highest BCUT2D eigenvalue weighted by Crippen LogP contribution is 2.18. The Morgan fingerprint density at radius 2 is 2.21 bits per heavy atom. The summed E-state index contributed by atoms with van der Waals surface area (Å²) in [6, 6.07) is 6.89. The smallest absolute Gasteiger partial charge is 0.255 e. The molecule has 0 atom stereocenters. The first-order chi connectivity index (χ1) is 9.13. The number of carbonyl (C=O) groups excluding carboxylic acids is 2. The van der Waals surface area contributed by atoms with E-state index in [9.17, 15) is 9.59 Å². The van der Waals surface area contributed by atoms with E-state index in [0.717, 1.165) is 13.1 Å². The van der Waals surface area contributed by atoms with Gasteiger partial charge in [-0.15, -0.1) is 0 Å². The van der Waals surface area contributed by atoms with Crippen molar-refractivity contribution < 1.29 is 14.3 Å². The van der Waals surface area contributed by atoms with Crippen LogP contribution in [-0.4, -0.2) is 31.5 Å². The highest BCUT2D eigenvalue weighted by Gasteiger charge is 2.20. The third-order valence-electron chi connectivity index (χ3n) is 2.84. The van der Waals surface area contributed by atoms with Crippen molar-refractivity contribution >= 4 is 17.5 Å². The fourth-order valence-corrected chi connectivity index (χ4v) is 1.79. The normalized spacial score (nSPS) is 14.5. The number of hydrogen-bond donors (Lipinski definition) is 3. The average molecular weight is 263 g/mol. The van der Waals surface area contributed by atoms with Crippen molar-refractivity contribution in [1.29, 1.82) is 0 Å². The van der Waals surface area contributed by atoms with Gasteiger partial charge in [-0.3, -0.25) is 9.59 Å². The van der Waals surface area contributed by atoms with E-state index in [-0.39, 0.29) is 12.5 Å². The van der Waals surface area contributed by atoms with Crippen molar-refractivity contribution in [3.63, 3.8) is 0 Å². The van der Waals surface area contributed by atoms with Crippen molar-refractivity contribution in [3.8, 4) is 5.75 Å². The number of primary amides is 1. The SMILES string of the molecule is NC(=O)COc1cccc(NC(=O)CC2CNC2)c1. The van der Waals surface area contributed by atoms with Gasteiger partial charge in [0.2, 0.25) is 5.91 Å². The van der Waals surface area contributed by atoms with Crippen molar-refractivity contribution in [1.82, 2.24) is 5.32 Å². The lowest BCUT2D eigenvalue weighted by atomic mass is 9.99. The molecule has 102 valence electrons. The molecular weight excluding hydrogens is 246 g/mol. The van der Waals surface area contributed by atoms with Gasteiger partial charge in [0.05, 0.1) is 0 Å². The molecule has 0 aromatic heterocycles. The topological polar surface area (TPSA) is 93.5 Å². The minimum atomic E-state index is -0.535. The van der Waals surface area contributed by atoms with Crippen molar-refractivity contribution in [2.24, 2.45) is 11.7 Å². The first-order valence-corrected chi connectivity index (χ1v) is 6.15. The van der Waals surface area contributed by atoms with E-state index in [1.807, 2.05) is 0 Å². The molecule has 2 amide bonds. The van der Waals surface area contributed by atoms with Gasteiger partial charge in [-0.2, -0.15) is 0 Å². The maximum Gasteiger partial charge on any atom is 0.255 e. The maximum atomic E-state index is 11.7. The lowest BCUT2D eigenvalue weighted by Crippen LogP contribution is -2.43. The molecule has 4 N–H and O–H groups in total. The molecule has 0 bridgehead atoms. The molecule has 1 aliphatic heterocycles. The minimum Gasteiger partial charge on any atom is -0.484 e. The Balaban J connectivity index is 1.86. The molecule has 2 rings (SSSR count). The number of carbonyl (C=O) groups is 2. The van der Waals surface area contributed by atoms with Gasteiger partial charge in [-0.1, -0.05) is 6.07 Å². The Morgan fingerprint density at radius 3 is 2.84 bits per heavy atom. The molecule has 1 aromatic rings. The van der Waals surface area contributed by atoms with Gasteiger partial charge < -0.3 is 21.1 Å². The number of benzene rings is 1. The number of ether oxygens (including phenoxy) is 1. The van der Waals surface area contributed by atoms with Crippen molar-refractivity contribution in [2.45, 2.75) is 6.42 Å². The molecule has 0 spiro atoms. The van der Waals surface area contributed by atoms with Gasteiger partial charge >= 0.3 is 0 Å². The lowest BCUT2D eigenvalue weighted by molar-refractivity contribution is -0.120. The summed E-state index contributed by atoms with van der Waals surface area (Å²) >= 11 is 0. The average Bonchev–Trinajstić information content (AvgIpc) is 2.32. The molecule has 19 heavy (non-hydrogen) atoms. The third-order valence-corrected chi connectivity index (χ3v) is 2.84. The summed E-state index contributed by atoms with van der Waals surface area (Å²) in [4.78, 5) is 22.4. The van der Waals surface area contributed by atoms with Crippen LogP contribution in [-0.2, 0) is 9.59 Å². The Labute approximate surface area is 111 Å². The third kappa shape index (κ3) is 4.26. The second kappa shape index (κ2) is 6.19. The van der Waals surface area contributed by atoms with E-state index >= 15 is 0 Å². The summed E-state index contributed by atoms with van der Waals surface area (Å²) in [6.45, 7) is 1.62. The highest BCUT2D eigenvalue weighted by molar-refractivity contribution is 5.91. The van der Waals surface area contributed by atoms with Crippen LogP contribution in [0, 0.1) is 5.92 Å². The largest absolute Gasteiger partial charge is 0.484 e. The zero-order valence-corrected chi connectivity index (χ0v) is 10.5. The standard InChI is InChI=1S/C13H17N3O3/c14-12(17)8-19-11-3-1-2-10(5-11)16-13(18)4-9-6-15-7-9/h1-3,5,9,15H,4,6-8H2,(H2,14,17)(H,16,18). The van der Waals surface area contributed by atoms with Crippen molar-refractivity contribution in [3.05, 3.63) is 24.3 Å². The first kappa shape index (κ1) is 13.4. The van der Waals surface area contributed by atoms with Gasteiger partial charge in [-0.25, -0.2) is 0 Å². The predicted octanol–water partition coefficient (Wildman–Crippen LogP) is 0.0987. The summed E-state index contributed by atoms with van der Waals surface area (Å²) in [5, 5.41) is 5.93. The maximum absolute atomic E-state index is 11.7. The van der Waals surface area contributed by atoms with Crippen LogP contribution in [0.4, 0.5) is 5.69 Å². The molecule has 6 nitrogen and oxygen atoms in total. The molecule has 0 saturated carbocycles. The molecule has 1 heterocycles. The molecule has 0 unspecified atom stereocenters.